The molecule has 5 rings (SSSR count). The summed E-state index contributed by atoms with van der Waals surface area (Å²) >= 11 is 0. The lowest BCUT2D eigenvalue weighted by Gasteiger charge is -2.58. The van der Waals surface area contributed by atoms with E-state index < -0.39 is 0 Å². The van der Waals surface area contributed by atoms with Crippen LogP contribution in [0.1, 0.15) is 83.8 Å². The first-order valence-electron chi connectivity index (χ1n) is 12.4. The fraction of sp³-hybridized carbons (Fsp3) is 0.714. The standard InChI is InChI=1S/C28H40O2/c1-18(26(30)19-7-5-4-6-8-19)23-11-12-24-22-10-9-20-17-21(29)13-15-27(20,2)25(22)14-16-28(23,24)3/h4-9,18,21-26,29-30H,10-17H2,1-3H3/t18-,21-,22-,23+,24-,25-,26+,27-,28+/m0/s1. The molecule has 0 bridgehead atoms. The SMILES string of the molecule is C[C@@H]([C@H]1CC[C@H]2[C@@H]3CC=C4C[C@@H](O)CC[C@]4(C)[C@H]3CC[C@]12C)[C@@H](O)c1ccccc1. The van der Waals surface area contributed by atoms with Crippen molar-refractivity contribution < 1.29 is 10.2 Å². The Morgan fingerprint density at radius 3 is 2.50 bits per heavy atom. The molecule has 0 radical (unpaired) electrons. The van der Waals surface area contributed by atoms with Gasteiger partial charge in [-0.05, 0) is 97.3 Å². The highest BCUT2D eigenvalue weighted by Crippen LogP contribution is 2.67. The molecule has 0 aliphatic heterocycles. The number of aliphatic hydroxyl groups is 2. The van der Waals surface area contributed by atoms with Gasteiger partial charge in [-0.2, -0.15) is 0 Å². The largest absolute Gasteiger partial charge is 0.393 e. The Kier molecular flexibility index (Phi) is 5.18. The molecule has 2 heteroatoms. The van der Waals surface area contributed by atoms with Crippen LogP contribution in [0.3, 0.4) is 0 Å². The molecule has 0 unspecified atom stereocenters. The van der Waals surface area contributed by atoms with E-state index in [0.717, 1.165) is 42.6 Å². The molecule has 3 fully saturated rings. The van der Waals surface area contributed by atoms with Crippen LogP contribution in [0.2, 0.25) is 0 Å². The minimum atomic E-state index is -0.361. The molecule has 2 N–H and O–H groups in total. The van der Waals surface area contributed by atoms with Crippen molar-refractivity contribution in [1.29, 1.82) is 0 Å². The first kappa shape index (κ1) is 20.8. The number of rotatable bonds is 3. The second-order valence-corrected chi connectivity index (χ2v) is 11.6. The Hall–Kier alpha value is -1.12. The normalized spacial score (nSPS) is 45.0. The summed E-state index contributed by atoms with van der Waals surface area (Å²) in [6.45, 7) is 7.37. The van der Waals surface area contributed by atoms with E-state index in [4.69, 9.17) is 0 Å². The van der Waals surface area contributed by atoms with Crippen LogP contribution in [-0.4, -0.2) is 16.3 Å². The zero-order valence-electron chi connectivity index (χ0n) is 19.1. The first-order chi connectivity index (χ1) is 14.3. The van der Waals surface area contributed by atoms with Gasteiger partial charge in [0.2, 0.25) is 0 Å². The Morgan fingerprint density at radius 2 is 1.73 bits per heavy atom. The summed E-state index contributed by atoms with van der Waals surface area (Å²) in [7, 11) is 0. The molecule has 0 spiro atoms. The van der Waals surface area contributed by atoms with Crippen molar-refractivity contribution in [3.05, 3.63) is 47.5 Å². The molecule has 3 saturated carbocycles. The molecule has 4 aliphatic carbocycles. The second kappa shape index (κ2) is 7.48. The van der Waals surface area contributed by atoms with Crippen LogP contribution in [-0.2, 0) is 0 Å². The van der Waals surface area contributed by atoms with Crippen LogP contribution >= 0.6 is 0 Å². The lowest BCUT2D eigenvalue weighted by atomic mass is 9.47. The van der Waals surface area contributed by atoms with E-state index in [9.17, 15) is 10.2 Å². The Morgan fingerprint density at radius 1 is 0.967 bits per heavy atom. The first-order valence-corrected chi connectivity index (χ1v) is 12.4. The fourth-order valence-electron chi connectivity index (χ4n) is 8.72. The molecule has 1 aromatic carbocycles. The lowest BCUT2D eigenvalue weighted by molar-refractivity contribution is -0.0676. The number of benzene rings is 1. The molecule has 0 aromatic heterocycles. The maximum absolute atomic E-state index is 11.2. The highest BCUT2D eigenvalue weighted by Gasteiger charge is 2.59. The van der Waals surface area contributed by atoms with Crippen molar-refractivity contribution in [2.75, 3.05) is 0 Å². The number of aliphatic hydroxyl groups excluding tert-OH is 2. The molecular weight excluding hydrogens is 368 g/mol. The van der Waals surface area contributed by atoms with Crippen molar-refractivity contribution in [2.24, 2.45) is 40.4 Å². The zero-order valence-corrected chi connectivity index (χ0v) is 19.1. The van der Waals surface area contributed by atoms with E-state index in [2.05, 4.69) is 39.0 Å². The Labute approximate surface area is 182 Å². The molecule has 0 saturated heterocycles. The fourth-order valence-corrected chi connectivity index (χ4v) is 8.72. The molecule has 2 nitrogen and oxygen atoms in total. The summed E-state index contributed by atoms with van der Waals surface area (Å²) in [5, 5.41) is 21.4. The predicted molar refractivity (Wildman–Crippen MR) is 122 cm³/mol. The summed E-state index contributed by atoms with van der Waals surface area (Å²) in [5.41, 5.74) is 3.31. The third kappa shape index (κ3) is 3.05. The summed E-state index contributed by atoms with van der Waals surface area (Å²) in [5.74, 6) is 3.27. The van der Waals surface area contributed by atoms with Crippen LogP contribution in [0, 0.1) is 40.4 Å². The second-order valence-electron chi connectivity index (χ2n) is 11.6. The number of hydrogen-bond donors (Lipinski definition) is 2. The predicted octanol–water partition coefficient (Wildman–Crippen LogP) is 6.30. The van der Waals surface area contributed by atoms with Gasteiger partial charge in [0.1, 0.15) is 0 Å². The average Bonchev–Trinajstić information content (AvgIpc) is 3.11. The number of fused-ring (bicyclic) bond motifs is 5. The van der Waals surface area contributed by atoms with Crippen molar-refractivity contribution in [2.45, 2.75) is 84.3 Å². The maximum atomic E-state index is 11.2. The molecule has 0 amide bonds. The van der Waals surface area contributed by atoms with Crippen molar-refractivity contribution >= 4 is 0 Å². The molecular formula is C28H40O2. The van der Waals surface area contributed by atoms with Gasteiger partial charge in [0.25, 0.3) is 0 Å². The Balaban J connectivity index is 1.39. The summed E-state index contributed by atoms with van der Waals surface area (Å²) in [6.07, 6.45) is 11.5. The number of hydrogen-bond acceptors (Lipinski definition) is 2. The highest BCUT2D eigenvalue weighted by molar-refractivity contribution is 5.26. The van der Waals surface area contributed by atoms with Crippen molar-refractivity contribution in [1.82, 2.24) is 0 Å². The molecule has 164 valence electrons. The Bertz CT molecular complexity index is 800. The van der Waals surface area contributed by atoms with Crippen molar-refractivity contribution in [3.63, 3.8) is 0 Å². The highest BCUT2D eigenvalue weighted by atomic mass is 16.3. The molecule has 0 heterocycles. The van der Waals surface area contributed by atoms with Crippen molar-refractivity contribution in [3.8, 4) is 0 Å². The third-order valence-corrected chi connectivity index (χ3v) is 10.4. The lowest BCUT2D eigenvalue weighted by Crippen LogP contribution is -2.51. The molecule has 1 aromatic rings. The van der Waals surface area contributed by atoms with Gasteiger partial charge in [0.05, 0.1) is 12.2 Å². The topological polar surface area (TPSA) is 40.5 Å². The van der Waals surface area contributed by atoms with E-state index in [0.29, 0.717) is 22.7 Å². The van der Waals surface area contributed by atoms with Gasteiger partial charge in [0.15, 0.2) is 0 Å². The van der Waals surface area contributed by atoms with Crippen LogP contribution in [0.15, 0.2) is 42.0 Å². The number of allylic oxidation sites excluding steroid dienone is 1. The smallest absolute Gasteiger partial charge is 0.0818 e. The van der Waals surface area contributed by atoms with Crippen LogP contribution in [0.5, 0.6) is 0 Å². The molecule has 9 atom stereocenters. The average molecular weight is 409 g/mol. The quantitative estimate of drug-likeness (QED) is 0.577. The summed E-state index contributed by atoms with van der Waals surface area (Å²) < 4.78 is 0. The monoisotopic (exact) mass is 408 g/mol. The van der Waals surface area contributed by atoms with E-state index in [-0.39, 0.29) is 12.2 Å². The van der Waals surface area contributed by atoms with Gasteiger partial charge in [-0.3, -0.25) is 0 Å². The van der Waals surface area contributed by atoms with Gasteiger partial charge in [0, 0.05) is 0 Å². The van der Waals surface area contributed by atoms with Gasteiger partial charge < -0.3 is 10.2 Å². The van der Waals surface area contributed by atoms with Gasteiger partial charge >= 0.3 is 0 Å². The van der Waals surface area contributed by atoms with Crippen LogP contribution in [0.25, 0.3) is 0 Å². The van der Waals surface area contributed by atoms with Crippen LogP contribution < -0.4 is 0 Å². The zero-order chi connectivity index (χ0) is 21.1. The van der Waals surface area contributed by atoms with Gasteiger partial charge in [-0.1, -0.05) is 62.8 Å². The van der Waals surface area contributed by atoms with Gasteiger partial charge in [-0.15, -0.1) is 0 Å². The molecule has 4 aliphatic rings. The minimum Gasteiger partial charge on any atom is -0.393 e. The minimum absolute atomic E-state index is 0.120. The third-order valence-electron chi connectivity index (χ3n) is 10.4. The van der Waals surface area contributed by atoms with E-state index in [1.807, 2.05) is 18.2 Å². The van der Waals surface area contributed by atoms with Crippen LogP contribution in [0.4, 0.5) is 0 Å². The maximum Gasteiger partial charge on any atom is 0.0818 e. The van der Waals surface area contributed by atoms with E-state index in [1.165, 1.54) is 32.1 Å². The summed E-state index contributed by atoms with van der Waals surface area (Å²) in [6, 6.07) is 10.3. The molecule has 30 heavy (non-hydrogen) atoms. The summed E-state index contributed by atoms with van der Waals surface area (Å²) in [4.78, 5) is 0. The van der Waals surface area contributed by atoms with E-state index in [1.54, 1.807) is 5.57 Å². The van der Waals surface area contributed by atoms with E-state index >= 15 is 0 Å². The van der Waals surface area contributed by atoms with Gasteiger partial charge in [-0.25, -0.2) is 0 Å².